The molecule has 0 N–H and O–H groups in total. The second kappa shape index (κ2) is 9.32. The summed E-state index contributed by atoms with van der Waals surface area (Å²) in [6.45, 7) is 4.86. The highest BCUT2D eigenvalue weighted by molar-refractivity contribution is 5.96. The Morgan fingerprint density at radius 3 is 1.70 bits per heavy atom. The van der Waals surface area contributed by atoms with Crippen molar-refractivity contribution < 1.29 is 4.39 Å². The Morgan fingerprint density at radius 2 is 1.06 bits per heavy atom. The fraction of sp³-hybridized carbons (Fsp3) is 0.200. The average molecular weight is 610 g/mol. The van der Waals surface area contributed by atoms with Gasteiger partial charge in [-0.1, -0.05) is 117 Å². The smallest absolute Gasteiger partial charge is 0.125 e. The maximum absolute atomic E-state index is 14.6. The van der Waals surface area contributed by atoms with Gasteiger partial charge in [0.1, 0.15) is 5.82 Å². The molecule has 0 saturated heterocycles. The molecule has 2 unspecified atom stereocenters. The zero-order valence-electron chi connectivity index (χ0n) is 26.9. The van der Waals surface area contributed by atoms with E-state index >= 15 is 0 Å². The van der Waals surface area contributed by atoms with Gasteiger partial charge in [0.15, 0.2) is 0 Å². The Bertz CT molecular complexity index is 2220. The minimum Gasteiger partial charge on any atom is -0.334 e. The summed E-state index contributed by atoms with van der Waals surface area (Å²) in [7, 11) is 0. The van der Waals surface area contributed by atoms with Crippen molar-refractivity contribution in [3.05, 3.63) is 167 Å². The van der Waals surface area contributed by atoms with E-state index < -0.39 is 0 Å². The molecule has 1 heterocycles. The zero-order chi connectivity index (χ0) is 31.5. The molecule has 1 nitrogen and oxygen atoms in total. The monoisotopic (exact) mass is 609 g/mol. The first kappa shape index (κ1) is 27.2. The summed E-state index contributed by atoms with van der Waals surface area (Å²) in [4.78, 5) is 2.45. The summed E-state index contributed by atoms with van der Waals surface area (Å²) in [5.41, 5.74) is 16.3. The summed E-state index contributed by atoms with van der Waals surface area (Å²) >= 11 is 0. The minimum absolute atomic E-state index is 0.0412. The van der Waals surface area contributed by atoms with Crippen LogP contribution in [0, 0.1) is 5.82 Å². The van der Waals surface area contributed by atoms with E-state index in [0.29, 0.717) is 0 Å². The Balaban J connectivity index is 1.19. The number of rotatable bonds is 2. The average Bonchev–Trinajstić information content (AvgIpc) is 3.65. The van der Waals surface area contributed by atoms with E-state index in [1.54, 1.807) is 12.1 Å². The zero-order valence-corrected chi connectivity index (χ0v) is 26.9. The lowest BCUT2D eigenvalue weighted by Crippen LogP contribution is -2.54. The van der Waals surface area contributed by atoms with Gasteiger partial charge in [-0.05, 0) is 117 Å². The highest BCUT2D eigenvalue weighted by atomic mass is 19.1. The first-order valence-corrected chi connectivity index (χ1v) is 17.1. The molecular formula is C45H36FN. The molecule has 0 amide bonds. The molecule has 1 saturated carbocycles. The number of nitrogens with zero attached hydrogens (tertiary/aromatic N) is 1. The van der Waals surface area contributed by atoms with Crippen LogP contribution in [0.2, 0.25) is 0 Å². The molecule has 0 bridgehead atoms. The molecular weight excluding hydrogens is 574 g/mol. The molecule has 1 fully saturated rings. The number of hydrogen-bond donors (Lipinski definition) is 0. The van der Waals surface area contributed by atoms with Crippen LogP contribution in [-0.2, 0) is 10.8 Å². The number of hydrogen-bond acceptors (Lipinski definition) is 1. The van der Waals surface area contributed by atoms with Gasteiger partial charge >= 0.3 is 0 Å². The van der Waals surface area contributed by atoms with Gasteiger partial charge in [-0.25, -0.2) is 4.39 Å². The van der Waals surface area contributed by atoms with Crippen LogP contribution in [0.4, 0.5) is 15.8 Å². The minimum atomic E-state index is -0.353. The summed E-state index contributed by atoms with van der Waals surface area (Å²) in [6.07, 6.45) is 4.62. The van der Waals surface area contributed by atoms with E-state index in [1.807, 2.05) is 6.07 Å². The lowest BCUT2D eigenvalue weighted by molar-refractivity contribution is 0.195. The molecule has 0 aromatic heterocycles. The number of anilines is 2. The van der Waals surface area contributed by atoms with Crippen molar-refractivity contribution in [2.24, 2.45) is 0 Å². The van der Waals surface area contributed by atoms with Crippen molar-refractivity contribution in [3.63, 3.8) is 0 Å². The van der Waals surface area contributed by atoms with Crippen molar-refractivity contribution in [3.8, 4) is 33.4 Å². The van der Waals surface area contributed by atoms with Gasteiger partial charge in [-0.3, -0.25) is 0 Å². The molecule has 6 aromatic rings. The maximum atomic E-state index is 14.6. The van der Waals surface area contributed by atoms with Gasteiger partial charge in [-0.2, -0.15) is 0 Å². The molecule has 3 aliphatic carbocycles. The van der Waals surface area contributed by atoms with Crippen LogP contribution >= 0.6 is 0 Å². The topological polar surface area (TPSA) is 3.24 Å². The quantitative estimate of drug-likeness (QED) is 0.188. The fourth-order valence-corrected chi connectivity index (χ4v) is 10.2. The Labute approximate surface area is 276 Å². The second-order valence-corrected chi connectivity index (χ2v) is 14.5. The molecule has 1 spiro atoms. The second-order valence-electron chi connectivity index (χ2n) is 14.5. The Morgan fingerprint density at radius 1 is 0.511 bits per heavy atom. The van der Waals surface area contributed by atoms with Crippen LogP contribution in [0.25, 0.3) is 33.4 Å². The van der Waals surface area contributed by atoms with Crippen LogP contribution in [0.1, 0.15) is 67.3 Å². The SMILES string of the molecule is CC12CCCCC1(C)N(c1cccc(F)c1)c1ccc(-c3ccc4c(c3)C3(c5ccccc5-c5ccccc53)c3ccccc3-4)cc12. The van der Waals surface area contributed by atoms with Crippen LogP contribution < -0.4 is 4.90 Å². The van der Waals surface area contributed by atoms with E-state index in [2.05, 4.69) is 134 Å². The van der Waals surface area contributed by atoms with Crippen molar-refractivity contribution in [2.45, 2.75) is 55.9 Å². The molecule has 10 rings (SSSR count). The predicted octanol–water partition coefficient (Wildman–Crippen LogP) is 11.6. The molecule has 4 aliphatic rings. The number of halogens is 1. The Kier molecular flexibility index (Phi) is 5.39. The molecule has 228 valence electrons. The summed E-state index contributed by atoms with van der Waals surface area (Å²) in [5, 5.41) is 0. The number of fused-ring (bicyclic) bond motifs is 13. The highest BCUT2D eigenvalue weighted by Crippen LogP contribution is 2.64. The van der Waals surface area contributed by atoms with Gasteiger partial charge < -0.3 is 4.90 Å². The van der Waals surface area contributed by atoms with Crippen LogP contribution in [-0.4, -0.2) is 5.54 Å². The van der Waals surface area contributed by atoms with Crippen molar-refractivity contribution in [2.75, 3.05) is 4.90 Å². The van der Waals surface area contributed by atoms with E-state index in [1.165, 1.54) is 79.7 Å². The standard InChI is InChI=1S/C45H36FN/c1-43-24-9-10-25-44(43,2)47(32-13-11-12-31(46)28-32)42-23-21-30(27-41(42)43)29-20-22-36-35-16-5-8-19-39(35)45(40(36)26-29)37-17-6-3-14-33(37)34-15-4-7-18-38(34)45/h3-8,11-23,26-28H,9-10,24-25H2,1-2H3. The first-order valence-electron chi connectivity index (χ1n) is 17.1. The van der Waals surface area contributed by atoms with Crippen LogP contribution in [0.15, 0.2) is 133 Å². The normalized spacial score (nSPS) is 22.3. The van der Waals surface area contributed by atoms with Crippen molar-refractivity contribution >= 4 is 11.4 Å². The van der Waals surface area contributed by atoms with E-state index in [9.17, 15) is 4.39 Å². The summed E-state index contributed by atoms with van der Waals surface area (Å²) in [6, 6.07) is 48.4. The van der Waals surface area contributed by atoms with Gasteiger partial charge in [0.05, 0.1) is 11.0 Å². The van der Waals surface area contributed by atoms with E-state index in [0.717, 1.165) is 18.5 Å². The highest BCUT2D eigenvalue weighted by Gasteiger charge is 2.58. The molecule has 1 aliphatic heterocycles. The lowest BCUT2D eigenvalue weighted by atomic mass is 9.61. The van der Waals surface area contributed by atoms with E-state index in [4.69, 9.17) is 0 Å². The Hall–Kier alpha value is -4.95. The lowest BCUT2D eigenvalue weighted by Gasteiger charge is -2.50. The summed E-state index contributed by atoms with van der Waals surface area (Å²) < 4.78 is 14.6. The van der Waals surface area contributed by atoms with Gasteiger partial charge in [-0.15, -0.1) is 0 Å². The maximum Gasteiger partial charge on any atom is 0.125 e. The summed E-state index contributed by atoms with van der Waals surface area (Å²) in [5.74, 6) is -0.184. The molecule has 0 radical (unpaired) electrons. The predicted molar refractivity (Wildman–Crippen MR) is 191 cm³/mol. The first-order chi connectivity index (χ1) is 22.9. The van der Waals surface area contributed by atoms with Gasteiger partial charge in [0, 0.05) is 16.8 Å². The molecule has 2 heteroatoms. The third-order valence-corrected chi connectivity index (χ3v) is 12.5. The fourth-order valence-electron chi connectivity index (χ4n) is 10.2. The van der Waals surface area contributed by atoms with Crippen LogP contribution in [0.5, 0.6) is 0 Å². The van der Waals surface area contributed by atoms with Gasteiger partial charge in [0.2, 0.25) is 0 Å². The number of benzene rings is 6. The van der Waals surface area contributed by atoms with Gasteiger partial charge in [0.25, 0.3) is 0 Å². The molecule has 2 atom stereocenters. The molecule has 6 aromatic carbocycles. The third-order valence-electron chi connectivity index (χ3n) is 12.5. The van der Waals surface area contributed by atoms with Crippen LogP contribution in [0.3, 0.4) is 0 Å². The van der Waals surface area contributed by atoms with Crippen molar-refractivity contribution in [1.82, 2.24) is 0 Å². The molecule has 47 heavy (non-hydrogen) atoms. The van der Waals surface area contributed by atoms with Crippen molar-refractivity contribution in [1.29, 1.82) is 0 Å². The van der Waals surface area contributed by atoms with E-state index in [-0.39, 0.29) is 22.2 Å². The third kappa shape index (κ3) is 3.28. The largest absolute Gasteiger partial charge is 0.334 e.